The predicted molar refractivity (Wildman–Crippen MR) is 138 cm³/mol. The number of urea groups is 1. The lowest BCUT2D eigenvalue weighted by Gasteiger charge is -2.36. The summed E-state index contributed by atoms with van der Waals surface area (Å²) in [6.45, 7) is 0. The Hall–Kier alpha value is -4.86. The van der Waals surface area contributed by atoms with Crippen LogP contribution >= 0.6 is 11.3 Å². The van der Waals surface area contributed by atoms with Crippen LogP contribution in [-0.4, -0.2) is 28.7 Å². The van der Waals surface area contributed by atoms with E-state index in [4.69, 9.17) is 0 Å². The van der Waals surface area contributed by atoms with Gasteiger partial charge in [-0.2, -0.15) is 0 Å². The minimum Gasteiger partial charge on any atom is -0.406 e. The molecule has 0 spiro atoms. The molecule has 0 fully saturated rings. The molecule has 9 nitrogen and oxygen atoms in total. The second-order valence-corrected chi connectivity index (χ2v) is 9.57. The van der Waals surface area contributed by atoms with E-state index >= 15 is 0 Å². The Balaban J connectivity index is 1.88. The molecule has 1 heterocycles. The third-order valence-corrected chi connectivity index (χ3v) is 6.52. The fourth-order valence-electron chi connectivity index (χ4n) is 4.11. The average Bonchev–Trinajstić information content (AvgIpc) is 3.36. The van der Waals surface area contributed by atoms with Gasteiger partial charge < -0.3 is 14.8 Å². The summed E-state index contributed by atoms with van der Waals surface area (Å²) in [4.78, 5) is 27.4. The van der Waals surface area contributed by atoms with Gasteiger partial charge >= 0.3 is 23.8 Å². The van der Waals surface area contributed by atoms with Crippen molar-refractivity contribution in [2.24, 2.45) is 0 Å². The number of amides is 2. The number of hydrogen-bond donors (Lipinski definition) is 2. The second-order valence-electron chi connectivity index (χ2n) is 8.56. The number of carbonyl (C=O) groups excluding carboxylic acids is 1. The fraction of sp³-hybridized carbons (Fsp3) is 0.154. The smallest absolute Gasteiger partial charge is 0.406 e. The highest BCUT2D eigenvalue weighted by Gasteiger charge is 2.39. The number of nitro groups is 1. The van der Waals surface area contributed by atoms with Crippen molar-refractivity contribution in [2.75, 3.05) is 5.32 Å². The Morgan fingerprint density at radius 2 is 1.40 bits per heavy atom. The molecule has 4 aromatic rings. The first-order valence-electron chi connectivity index (χ1n) is 11.7. The molecule has 0 saturated heterocycles. The standard InChI is InChI=1S/C26H18F6N4O5S/c27-25(28,29)40-19-10-4-8-17(12-19)24(14-16-6-2-1-3-7-16,18-9-5-11-20(13-18)41-26(30,31)32)35-22(37)34-23-33-15-21(42-23)36(38)39/h1-13,15H,14H2,(H2,33,34,35,37). The maximum Gasteiger partial charge on any atom is 0.573 e. The number of nitrogens with one attached hydrogen (secondary N) is 2. The van der Waals surface area contributed by atoms with Crippen LogP contribution in [0.4, 0.5) is 41.3 Å². The number of carbonyl (C=O) groups is 1. The molecular weight excluding hydrogens is 594 g/mol. The zero-order valence-electron chi connectivity index (χ0n) is 20.9. The minimum absolute atomic E-state index is 0.00229. The van der Waals surface area contributed by atoms with Gasteiger partial charge in [0.15, 0.2) is 5.13 Å². The molecule has 0 aliphatic carbocycles. The zero-order valence-corrected chi connectivity index (χ0v) is 21.7. The van der Waals surface area contributed by atoms with Gasteiger partial charge in [0.25, 0.3) is 0 Å². The number of rotatable bonds is 9. The molecule has 3 aromatic carbocycles. The highest BCUT2D eigenvalue weighted by atomic mass is 32.1. The van der Waals surface area contributed by atoms with Gasteiger partial charge in [-0.3, -0.25) is 15.4 Å². The number of benzene rings is 3. The first-order valence-corrected chi connectivity index (χ1v) is 12.5. The summed E-state index contributed by atoms with van der Waals surface area (Å²) in [5, 5.41) is 15.4. The van der Waals surface area contributed by atoms with Crippen molar-refractivity contribution in [3.63, 3.8) is 0 Å². The fourth-order valence-corrected chi connectivity index (χ4v) is 4.74. The maximum atomic E-state index is 13.3. The van der Waals surface area contributed by atoms with E-state index in [-0.39, 0.29) is 27.7 Å². The largest absolute Gasteiger partial charge is 0.573 e. The van der Waals surface area contributed by atoms with Gasteiger partial charge in [-0.15, -0.1) is 26.3 Å². The van der Waals surface area contributed by atoms with Gasteiger partial charge in [0.1, 0.15) is 17.7 Å². The summed E-state index contributed by atoms with van der Waals surface area (Å²) >= 11 is 0.536. The molecule has 16 heteroatoms. The number of hydrogen-bond acceptors (Lipinski definition) is 7. The van der Waals surface area contributed by atoms with Crippen molar-refractivity contribution in [1.29, 1.82) is 0 Å². The predicted octanol–water partition coefficient (Wildman–Crippen LogP) is 7.16. The first-order chi connectivity index (χ1) is 19.7. The van der Waals surface area contributed by atoms with Gasteiger partial charge in [-0.25, -0.2) is 9.78 Å². The van der Waals surface area contributed by atoms with Crippen LogP contribution in [0.25, 0.3) is 0 Å². The number of halogens is 6. The number of thiazole rings is 1. The van der Waals surface area contributed by atoms with Crippen molar-refractivity contribution in [3.05, 3.63) is 112 Å². The van der Waals surface area contributed by atoms with Crippen molar-refractivity contribution in [2.45, 2.75) is 24.7 Å². The van der Waals surface area contributed by atoms with Crippen molar-refractivity contribution < 1.29 is 45.5 Å². The number of nitrogens with zero attached hydrogens (tertiary/aromatic N) is 2. The maximum absolute atomic E-state index is 13.3. The normalized spacial score (nSPS) is 12.0. The van der Waals surface area contributed by atoms with Crippen LogP contribution in [0.15, 0.2) is 85.1 Å². The molecule has 0 radical (unpaired) electrons. The van der Waals surface area contributed by atoms with Crippen LogP contribution < -0.4 is 20.1 Å². The summed E-state index contributed by atoms with van der Waals surface area (Å²) < 4.78 is 86.6. The van der Waals surface area contributed by atoms with Crippen LogP contribution in [0, 0.1) is 10.1 Å². The van der Waals surface area contributed by atoms with E-state index in [1.165, 1.54) is 24.3 Å². The van der Waals surface area contributed by atoms with Crippen molar-refractivity contribution in [3.8, 4) is 11.5 Å². The molecule has 42 heavy (non-hydrogen) atoms. The zero-order chi connectivity index (χ0) is 30.5. The Morgan fingerprint density at radius 1 is 0.857 bits per heavy atom. The average molecular weight is 613 g/mol. The van der Waals surface area contributed by atoms with Gasteiger partial charge in [0.2, 0.25) is 0 Å². The molecule has 0 atom stereocenters. The summed E-state index contributed by atoms with van der Waals surface area (Å²) in [5.74, 6) is -1.31. The molecular formula is C26H18F6N4O5S. The Labute approximate surface area is 236 Å². The van der Waals surface area contributed by atoms with Crippen LogP contribution in [-0.2, 0) is 12.0 Å². The molecule has 1 aromatic heterocycles. The quantitative estimate of drug-likeness (QED) is 0.118. The van der Waals surface area contributed by atoms with Crippen LogP contribution in [0.3, 0.4) is 0 Å². The van der Waals surface area contributed by atoms with E-state index in [0.717, 1.165) is 30.5 Å². The van der Waals surface area contributed by atoms with Crippen LogP contribution in [0.5, 0.6) is 11.5 Å². The lowest BCUT2D eigenvalue weighted by atomic mass is 9.77. The Morgan fingerprint density at radius 3 is 1.88 bits per heavy atom. The molecule has 0 saturated carbocycles. The van der Waals surface area contributed by atoms with E-state index in [1.807, 2.05) is 0 Å². The van der Waals surface area contributed by atoms with Crippen LogP contribution in [0.1, 0.15) is 16.7 Å². The number of alkyl halides is 6. The van der Waals surface area contributed by atoms with Crippen LogP contribution in [0.2, 0.25) is 0 Å². The van der Waals surface area contributed by atoms with E-state index in [1.54, 1.807) is 30.3 Å². The molecule has 4 rings (SSSR count). The highest BCUT2D eigenvalue weighted by molar-refractivity contribution is 7.18. The summed E-state index contributed by atoms with van der Waals surface area (Å²) in [6, 6.07) is 16.4. The van der Waals surface area contributed by atoms with Crippen molar-refractivity contribution in [1.82, 2.24) is 10.3 Å². The molecule has 0 aliphatic heterocycles. The third kappa shape index (κ3) is 7.87. The number of aromatic nitrogens is 1. The third-order valence-electron chi connectivity index (χ3n) is 5.65. The Kier molecular flexibility index (Phi) is 8.56. The highest BCUT2D eigenvalue weighted by Crippen LogP contribution is 2.38. The van der Waals surface area contributed by atoms with E-state index in [2.05, 4.69) is 25.1 Å². The summed E-state index contributed by atoms with van der Waals surface area (Å²) in [6.07, 6.45) is -9.39. The van der Waals surface area contributed by atoms with E-state index < -0.39 is 40.7 Å². The molecule has 0 unspecified atom stereocenters. The lowest BCUT2D eigenvalue weighted by molar-refractivity contribution is -0.380. The van der Waals surface area contributed by atoms with E-state index in [9.17, 15) is 41.3 Å². The first kappa shape index (κ1) is 30.1. The van der Waals surface area contributed by atoms with Crippen molar-refractivity contribution >= 4 is 27.5 Å². The number of anilines is 1. The molecule has 2 N–H and O–H groups in total. The van der Waals surface area contributed by atoms with Gasteiger partial charge in [-0.1, -0.05) is 54.6 Å². The minimum atomic E-state index is -5.06. The monoisotopic (exact) mass is 612 g/mol. The van der Waals surface area contributed by atoms with Gasteiger partial charge in [0, 0.05) is 6.42 Å². The van der Waals surface area contributed by atoms with Gasteiger partial charge in [0.05, 0.1) is 10.5 Å². The van der Waals surface area contributed by atoms with E-state index in [0.29, 0.717) is 16.9 Å². The summed E-state index contributed by atoms with van der Waals surface area (Å²) in [5.41, 5.74) is -1.31. The molecule has 0 aliphatic rings. The molecule has 2 amide bonds. The van der Waals surface area contributed by atoms with Gasteiger partial charge in [-0.05, 0) is 52.3 Å². The molecule has 220 valence electrons. The summed E-state index contributed by atoms with van der Waals surface area (Å²) in [7, 11) is 0. The topological polar surface area (TPSA) is 116 Å². The molecule has 0 bridgehead atoms. The lowest BCUT2D eigenvalue weighted by Crippen LogP contribution is -2.50. The SMILES string of the molecule is O=C(Nc1ncc([N+](=O)[O-])s1)NC(Cc1ccccc1)(c1cccc(OC(F)(F)F)c1)c1cccc(OC(F)(F)F)c1. The number of ether oxygens (including phenoxy) is 2. The Bertz CT molecular complexity index is 1500. The second kappa shape index (κ2) is 11.9.